The quantitative estimate of drug-likeness (QED) is 0.745. The smallest absolute Gasteiger partial charge is 0.0356 e. The van der Waals surface area contributed by atoms with Crippen molar-refractivity contribution in [2.24, 2.45) is 5.92 Å². The van der Waals surface area contributed by atoms with Crippen LogP contribution in [0.3, 0.4) is 0 Å². The molecule has 1 saturated carbocycles. The van der Waals surface area contributed by atoms with Crippen molar-refractivity contribution in [2.75, 3.05) is 5.32 Å². The van der Waals surface area contributed by atoms with Gasteiger partial charge in [0.2, 0.25) is 0 Å². The summed E-state index contributed by atoms with van der Waals surface area (Å²) in [5.41, 5.74) is 2.57. The molecule has 1 aliphatic carbocycles. The minimum Gasteiger partial charge on any atom is -0.382 e. The van der Waals surface area contributed by atoms with E-state index in [2.05, 4.69) is 53.3 Å². The molecule has 1 aliphatic rings. The van der Waals surface area contributed by atoms with Gasteiger partial charge in [0.05, 0.1) is 0 Å². The van der Waals surface area contributed by atoms with Crippen LogP contribution in [0.1, 0.15) is 44.6 Å². The van der Waals surface area contributed by atoms with E-state index >= 15 is 0 Å². The van der Waals surface area contributed by atoms with Gasteiger partial charge in [-0.25, -0.2) is 0 Å². The molecule has 2 unspecified atom stereocenters. The fourth-order valence-corrected chi connectivity index (χ4v) is 3.29. The minimum atomic E-state index is 0.661. The second-order valence-corrected chi connectivity index (χ2v) is 6.39. The lowest BCUT2D eigenvalue weighted by atomic mass is 10.0. The summed E-state index contributed by atoms with van der Waals surface area (Å²) in [5.74, 6) is 0.908. The number of anilines is 1. The molecule has 0 bridgehead atoms. The standard InChI is InChI=1S/C15H22BrN/c1-11-4-3-5-14(7-6-11)17-15-9-12(2)8-13(16)10-15/h8-11,14,17H,3-7H2,1-2H3. The van der Waals surface area contributed by atoms with Crippen LogP contribution in [0.2, 0.25) is 0 Å². The largest absolute Gasteiger partial charge is 0.382 e. The van der Waals surface area contributed by atoms with Crippen molar-refractivity contribution in [1.29, 1.82) is 0 Å². The Morgan fingerprint density at radius 1 is 1.12 bits per heavy atom. The van der Waals surface area contributed by atoms with E-state index in [4.69, 9.17) is 0 Å². The molecule has 2 atom stereocenters. The third-order valence-electron chi connectivity index (χ3n) is 3.67. The minimum absolute atomic E-state index is 0.661. The Morgan fingerprint density at radius 3 is 2.71 bits per heavy atom. The predicted molar refractivity (Wildman–Crippen MR) is 78.5 cm³/mol. The van der Waals surface area contributed by atoms with Crippen LogP contribution in [-0.2, 0) is 0 Å². The lowest BCUT2D eigenvalue weighted by Gasteiger charge is -2.18. The molecule has 94 valence electrons. The van der Waals surface area contributed by atoms with Gasteiger partial charge in [0, 0.05) is 16.2 Å². The summed E-state index contributed by atoms with van der Waals surface area (Å²) in [6.45, 7) is 4.52. The van der Waals surface area contributed by atoms with Gasteiger partial charge in [-0.3, -0.25) is 0 Å². The second kappa shape index (κ2) is 5.90. The summed E-state index contributed by atoms with van der Waals surface area (Å²) < 4.78 is 1.17. The van der Waals surface area contributed by atoms with Crippen molar-refractivity contribution in [3.05, 3.63) is 28.2 Å². The average Bonchev–Trinajstić information content (AvgIpc) is 2.42. The molecule has 2 rings (SSSR count). The molecule has 1 aromatic rings. The molecule has 0 heterocycles. The molecule has 1 N–H and O–H groups in total. The van der Waals surface area contributed by atoms with Crippen LogP contribution < -0.4 is 5.32 Å². The number of hydrogen-bond donors (Lipinski definition) is 1. The number of halogens is 1. The Hall–Kier alpha value is -0.500. The summed E-state index contributed by atoms with van der Waals surface area (Å²) in [6, 6.07) is 7.23. The zero-order valence-corrected chi connectivity index (χ0v) is 12.4. The summed E-state index contributed by atoms with van der Waals surface area (Å²) in [6.07, 6.45) is 6.76. The van der Waals surface area contributed by atoms with Gasteiger partial charge in [-0.15, -0.1) is 0 Å². The number of aryl methyl sites for hydroxylation is 1. The first kappa shape index (κ1) is 12.9. The van der Waals surface area contributed by atoms with Gasteiger partial charge >= 0.3 is 0 Å². The highest BCUT2D eigenvalue weighted by Gasteiger charge is 2.15. The molecular weight excluding hydrogens is 274 g/mol. The number of rotatable bonds is 2. The van der Waals surface area contributed by atoms with Crippen molar-refractivity contribution < 1.29 is 0 Å². The Kier molecular flexibility index (Phi) is 4.49. The lowest BCUT2D eigenvalue weighted by Crippen LogP contribution is -2.18. The third-order valence-corrected chi connectivity index (χ3v) is 4.13. The maximum Gasteiger partial charge on any atom is 0.0356 e. The van der Waals surface area contributed by atoms with Gasteiger partial charge < -0.3 is 5.32 Å². The van der Waals surface area contributed by atoms with Gasteiger partial charge in [-0.1, -0.05) is 35.7 Å². The first-order valence-corrected chi connectivity index (χ1v) is 7.46. The van der Waals surface area contributed by atoms with Crippen LogP contribution >= 0.6 is 15.9 Å². The van der Waals surface area contributed by atoms with Gasteiger partial charge in [-0.05, 0) is 55.9 Å². The van der Waals surface area contributed by atoms with Gasteiger partial charge in [-0.2, -0.15) is 0 Å². The molecule has 1 nitrogen and oxygen atoms in total. The molecule has 0 radical (unpaired) electrons. The van der Waals surface area contributed by atoms with E-state index in [1.807, 2.05) is 0 Å². The third kappa shape index (κ3) is 4.02. The first-order valence-electron chi connectivity index (χ1n) is 6.67. The first-order chi connectivity index (χ1) is 8.13. The number of hydrogen-bond acceptors (Lipinski definition) is 1. The van der Waals surface area contributed by atoms with E-state index in [0.29, 0.717) is 6.04 Å². The lowest BCUT2D eigenvalue weighted by molar-refractivity contribution is 0.502. The fourth-order valence-electron chi connectivity index (χ4n) is 2.69. The monoisotopic (exact) mass is 295 g/mol. The van der Waals surface area contributed by atoms with Crippen LogP contribution in [-0.4, -0.2) is 6.04 Å². The Morgan fingerprint density at radius 2 is 1.94 bits per heavy atom. The highest BCUT2D eigenvalue weighted by Crippen LogP contribution is 2.26. The van der Waals surface area contributed by atoms with E-state index in [0.717, 1.165) is 5.92 Å². The van der Waals surface area contributed by atoms with Crippen molar-refractivity contribution in [3.63, 3.8) is 0 Å². The summed E-state index contributed by atoms with van der Waals surface area (Å²) in [4.78, 5) is 0. The van der Waals surface area contributed by atoms with E-state index < -0.39 is 0 Å². The van der Waals surface area contributed by atoms with Crippen LogP contribution in [0.5, 0.6) is 0 Å². The Bertz CT molecular complexity index is 355. The highest BCUT2D eigenvalue weighted by molar-refractivity contribution is 9.10. The normalized spacial score (nSPS) is 25.4. The highest BCUT2D eigenvalue weighted by atomic mass is 79.9. The Balaban J connectivity index is 1.99. The van der Waals surface area contributed by atoms with E-state index in [9.17, 15) is 0 Å². The number of nitrogens with one attached hydrogen (secondary N) is 1. The van der Waals surface area contributed by atoms with Crippen LogP contribution in [0.25, 0.3) is 0 Å². The van der Waals surface area contributed by atoms with E-state index in [1.165, 1.54) is 47.8 Å². The van der Waals surface area contributed by atoms with Crippen LogP contribution in [0, 0.1) is 12.8 Å². The van der Waals surface area contributed by atoms with Gasteiger partial charge in [0.15, 0.2) is 0 Å². The fraction of sp³-hybridized carbons (Fsp3) is 0.600. The molecule has 0 aromatic heterocycles. The maximum atomic E-state index is 3.69. The van der Waals surface area contributed by atoms with Gasteiger partial charge in [0.1, 0.15) is 0 Å². The van der Waals surface area contributed by atoms with Crippen molar-refractivity contribution >= 4 is 21.6 Å². The molecule has 17 heavy (non-hydrogen) atoms. The zero-order valence-electron chi connectivity index (χ0n) is 10.8. The van der Waals surface area contributed by atoms with Crippen molar-refractivity contribution in [2.45, 2.75) is 52.0 Å². The van der Waals surface area contributed by atoms with Crippen LogP contribution in [0.15, 0.2) is 22.7 Å². The predicted octanol–water partition coefficient (Wildman–Crippen LogP) is 5.14. The topological polar surface area (TPSA) is 12.0 Å². The SMILES string of the molecule is Cc1cc(Br)cc(NC2CCCC(C)CC2)c1. The molecule has 0 aliphatic heterocycles. The Labute approximate surface area is 113 Å². The summed E-state index contributed by atoms with van der Waals surface area (Å²) in [5, 5.41) is 3.69. The summed E-state index contributed by atoms with van der Waals surface area (Å²) >= 11 is 3.56. The second-order valence-electron chi connectivity index (χ2n) is 5.47. The summed E-state index contributed by atoms with van der Waals surface area (Å²) in [7, 11) is 0. The van der Waals surface area contributed by atoms with E-state index in [1.54, 1.807) is 0 Å². The number of benzene rings is 1. The average molecular weight is 296 g/mol. The van der Waals surface area contributed by atoms with Gasteiger partial charge in [0.25, 0.3) is 0 Å². The molecule has 0 amide bonds. The molecule has 2 heteroatoms. The molecule has 1 fully saturated rings. The van der Waals surface area contributed by atoms with Crippen molar-refractivity contribution in [1.82, 2.24) is 0 Å². The molecule has 0 saturated heterocycles. The molecule has 1 aromatic carbocycles. The van der Waals surface area contributed by atoms with E-state index in [-0.39, 0.29) is 0 Å². The maximum absolute atomic E-state index is 3.69. The molecular formula is C15H22BrN. The molecule has 0 spiro atoms. The van der Waals surface area contributed by atoms with Crippen LogP contribution in [0.4, 0.5) is 5.69 Å². The van der Waals surface area contributed by atoms with Crippen molar-refractivity contribution in [3.8, 4) is 0 Å². The zero-order chi connectivity index (χ0) is 12.3.